The molecule has 0 heterocycles. The molecular formula is C14H20FNO2. The zero-order valence-electron chi connectivity index (χ0n) is 10.7. The first-order chi connectivity index (χ1) is 8.50. The maximum Gasteiger partial charge on any atom is 0.131 e. The lowest BCUT2D eigenvalue weighted by Gasteiger charge is -2.22. The smallest absolute Gasteiger partial charge is 0.131 e. The first-order valence-electron chi connectivity index (χ1n) is 6.40. The molecule has 0 aliphatic heterocycles. The minimum atomic E-state index is -0.740. The lowest BCUT2D eigenvalue weighted by atomic mass is 10.0. The molecule has 2 rings (SSSR count). The summed E-state index contributed by atoms with van der Waals surface area (Å²) in [4.78, 5) is 0. The van der Waals surface area contributed by atoms with Crippen LogP contribution in [0.4, 0.5) is 4.39 Å². The predicted molar refractivity (Wildman–Crippen MR) is 67.9 cm³/mol. The summed E-state index contributed by atoms with van der Waals surface area (Å²) < 4.78 is 19.2. The van der Waals surface area contributed by atoms with Crippen LogP contribution in [0.25, 0.3) is 0 Å². The Bertz CT molecular complexity index is 414. The van der Waals surface area contributed by atoms with Gasteiger partial charge >= 0.3 is 0 Å². The zero-order chi connectivity index (χ0) is 13.2. The van der Waals surface area contributed by atoms with E-state index in [-0.39, 0.29) is 18.5 Å². The molecule has 3 nitrogen and oxygen atoms in total. The largest absolute Gasteiger partial charge is 0.490 e. The normalized spacial score (nSPS) is 19.8. The van der Waals surface area contributed by atoms with E-state index in [1.807, 2.05) is 0 Å². The average Bonchev–Trinajstić information content (AvgIpc) is 2.74. The van der Waals surface area contributed by atoms with Gasteiger partial charge in [0.05, 0.1) is 5.60 Å². The Morgan fingerprint density at radius 2 is 2.11 bits per heavy atom. The summed E-state index contributed by atoms with van der Waals surface area (Å²) in [7, 11) is 0. The molecule has 0 amide bonds. The topological polar surface area (TPSA) is 55.5 Å². The number of rotatable bonds is 4. The molecule has 1 atom stereocenters. The Hall–Kier alpha value is -1.13. The molecule has 4 heteroatoms. The molecule has 1 fully saturated rings. The molecule has 0 saturated heterocycles. The molecule has 1 aromatic rings. The maximum atomic E-state index is 13.7. The van der Waals surface area contributed by atoms with E-state index in [0.717, 1.165) is 25.7 Å². The standard InChI is InChI=1S/C14H20FNO2/c1-10(16)12-5-4-11(8-13(12)15)18-9-14(17)6-2-3-7-14/h4-5,8,10,17H,2-3,6-7,9,16H2,1H3/t10-/m1/s1. The molecule has 100 valence electrons. The molecular weight excluding hydrogens is 233 g/mol. The van der Waals surface area contributed by atoms with Gasteiger partial charge in [-0.3, -0.25) is 0 Å². The van der Waals surface area contributed by atoms with Crippen molar-refractivity contribution in [2.24, 2.45) is 5.73 Å². The molecule has 0 aromatic heterocycles. The first-order valence-corrected chi connectivity index (χ1v) is 6.40. The van der Waals surface area contributed by atoms with Crippen molar-refractivity contribution < 1.29 is 14.2 Å². The summed E-state index contributed by atoms with van der Waals surface area (Å²) in [5, 5.41) is 10.1. The van der Waals surface area contributed by atoms with E-state index in [1.165, 1.54) is 6.07 Å². The Labute approximate surface area is 107 Å². The number of halogens is 1. The maximum absolute atomic E-state index is 13.7. The van der Waals surface area contributed by atoms with E-state index < -0.39 is 5.60 Å². The molecule has 0 bridgehead atoms. The van der Waals surface area contributed by atoms with Crippen LogP contribution in [0.5, 0.6) is 5.75 Å². The highest BCUT2D eigenvalue weighted by Crippen LogP contribution is 2.30. The Morgan fingerprint density at radius 3 is 2.67 bits per heavy atom. The number of aliphatic hydroxyl groups is 1. The fourth-order valence-electron chi connectivity index (χ4n) is 2.36. The second-order valence-electron chi connectivity index (χ2n) is 5.19. The fraction of sp³-hybridized carbons (Fsp3) is 0.571. The van der Waals surface area contributed by atoms with Gasteiger partial charge in [-0.2, -0.15) is 0 Å². The van der Waals surface area contributed by atoms with Crippen LogP contribution in [0, 0.1) is 5.82 Å². The van der Waals surface area contributed by atoms with Gasteiger partial charge < -0.3 is 15.6 Å². The Morgan fingerprint density at radius 1 is 1.44 bits per heavy atom. The third-order valence-corrected chi connectivity index (χ3v) is 3.50. The van der Waals surface area contributed by atoms with E-state index in [0.29, 0.717) is 11.3 Å². The van der Waals surface area contributed by atoms with Crippen LogP contribution in [-0.4, -0.2) is 17.3 Å². The lowest BCUT2D eigenvalue weighted by molar-refractivity contribution is 0.00131. The second-order valence-corrected chi connectivity index (χ2v) is 5.19. The van der Waals surface area contributed by atoms with Gasteiger partial charge in [0.1, 0.15) is 18.2 Å². The van der Waals surface area contributed by atoms with Crippen molar-refractivity contribution in [2.75, 3.05) is 6.61 Å². The van der Waals surface area contributed by atoms with Crippen molar-refractivity contribution in [3.05, 3.63) is 29.6 Å². The fourth-order valence-corrected chi connectivity index (χ4v) is 2.36. The van der Waals surface area contributed by atoms with Crippen LogP contribution >= 0.6 is 0 Å². The van der Waals surface area contributed by atoms with Crippen molar-refractivity contribution in [1.29, 1.82) is 0 Å². The number of hydrogen-bond acceptors (Lipinski definition) is 3. The van der Waals surface area contributed by atoms with Crippen LogP contribution in [-0.2, 0) is 0 Å². The lowest BCUT2D eigenvalue weighted by Crippen LogP contribution is -2.32. The molecule has 1 aliphatic rings. The van der Waals surface area contributed by atoms with Gasteiger partial charge in [-0.05, 0) is 25.8 Å². The Balaban J connectivity index is 2.00. The third kappa shape index (κ3) is 3.00. The first kappa shape index (κ1) is 13.3. The Kier molecular flexibility index (Phi) is 3.88. The molecule has 0 unspecified atom stereocenters. The van der Waals surface area contributed by atoms with Gasteiger partial charge in [0.25, 0.3) is 0 Å². The zero-order valence-corrected chi connectivity index (χ0v) is 10.7. The highest BCUT2D eigenvalue weighted by atomic mass is 19.1. The van der Waals surface area contributed by atoms with Gasteiger partial charge in [-0.25, -0.2) is 4.39 Å². The van der Waals surface area contributed by atoms with Gasteiger partial charge in [0.15, 0.2) is 0 Å². The van der Waals surface area contributed by atoms with Crippen LogP contribution in [0.1, 0.15) is 44.2 Å². The molecule has 18 heavy (non-hydrogen) atoms. The predicted octanol–water partition coefficient (Wildman–Crippen LogP) is 2.53. The minimum absolute atomic E-state index is 0.226. The van der Waals surface area contributed by atoms with E-state index in [9.17, 15) is 9.50 Å². The highest BCUT2D eigenvalue weighted by molar-refractivity contribution is 5.30. The van der Waals surface area contributed by atoms with E-state index in [2.05, 4.69) is 0 Å². The summed E-state index contributed by atoms with van der Waals surface area (Å²) in [5.74, 6) is 0.0816. The number of nitrogens with two attached hydrogens (primary N) is 1. The monoisotopic (exact) mass is 253 g/mol. The molecule has 0 spiro atoms. The van der Waals surface area contributed by atoms with E-state index in [1.54, 1.807) is 19.1 Å². The van der Waals surface area contributed by atoms with Crippen LogP contribution in [0.3, 0.4) is 0 Å². The third-order valence-electron chi connectivity index (χ3n) is 3.50. The average molecular weight is 253 g/mol. The van der Waals surface area contributed by atoms with Crippen molar-refractivity contribution >= 4 is 0 Å². The summed E-state index contributed by atoms with van der Waals surface area (Å²) >= 11 is 0. The van der Waals surface area contributed by atoms with Gasteiger partial charge in [0, 0.05) is 17.7 Å². The van der Waals surface area contributed by atoms with Crippen LogP contribution in [0.15, 0.2) is 18.2 Å². The molecule has 3 N–H and O–H groups in total. The van der Waals surface area contributed by atoms with Crippen molar-refractivity contribution in [2.45, 2.75) is 44.2 Å². The van der Waals surface area contributed by atoms with Crippen molar-refractivity contribution in [3.8, 4) is 5.75 Å². The summed E-state index contributed by atoms with van der Waals surface area (Å²) in [6.07, 6.45) is 3.57. The summed E-state index contributed by atoms with van der Waals surface area (Å²) in [6.45, 7) is 1.96. The van der Waals surface area contributed by atoms with Crippen molar-refractivity contribution in [3.63, 3.8) is 0 Å². The van der Waals surface area contributed by atoms with Gasteiger partial charge in [-0.1, -0.05) is 18.9 Å². The number of benzene rings is 1. The highest BCUT2D eigenvalue weighted by Gasteiger charge is 2.31. The van der Waals surface area contributed by atoms with Crippen LogP contribution in [0.2, 0.25) is 0 Å². The number of hydrogen-bond donors (Lipinski definition) is 2. The van der Waals surface area contributed by atoms with Gasteiger partial charge in [-0.15, -0.1) is 0 Å². The quantitative estimate of drug-likeness (QED) is 0.867. The molecule has 1 aromatic carbocycles. The van der Waals surface area contributed by atoms with Gasteiger partial charge in [0.2, 0.25) is 0 Å². The van der Waals surface area contributed by atoms with Crippen LogP contribution < -0.4 is 10.5 Å². The van der Waals surface area contributed by atoms with E-state index >= 15 is 0 Å². The summed E-state index contributed by atoms with van der Waals surface area (Å²) in [6, 6.07) is 4.32. The minimum Gasteiger partial charge on any atom is -0.490 e. The molecule has 1 aliphatic carbocycles. The van der Waals surface area contributed by atoms with Crippen molar-refractivity contribution in [1.82, 2.24) is 0 Å². The molecule has 1 saturated carbocycles. The van der Waals surface area contributed by atoms with E-state index in [4.69, 9.17) is 10.5 Å². The molecule has 0 radical (unpaired) electrons. The number of ether oxygens (including phenoxy) is 1. The SMILES string of the molecule is C[C@@H](N)c1ccc(OCC2(O)CCCC2)cc1F. The summed E-state index contributed by atoms with van der Waals surface area (Å²) in [5.41, 5.74) is 5.37. The second kappa shape index (κ2) is 5.24.